The van der Waals surface area contributed by atoms with Gasteiger partial charge >= 0.3 is 6.61 Å². The number of aromatic nitrogens is 3. The number of halogens is 2. The third-order valence-corrected chi connectivity index (χ3v) is 3.65. The lowest BCUT2D eigenvalue weighted by Gasteiger charge is -2.11. The SMILES string of the molecule is Cc1cc(C)n2ncc(C(=O)NCc3ccccc3OC(F)F)c2n1. The van der Waals surface area contributed by atoms with Crippen molar-refractivity contribution in [3.8, 4) is 5.75 Å². The average molecular weight is 346 g/mol. The number of ether oxygens (including phenoxy) is 1. The Morgan fingerprint density at radius 3 is 2.84 bits per heavy atom. The van der Waals surface area contributed by atoms with Crippen molar-refractivity contribution >= 4 is 11.6 Å². The number of aryl methyl sites for hydroxylation is 2. The molecule has 0 aliphatic heterocycles. The summed E-state index contributed by atoms with van der Waals surface area (Å²) in [4.78, 5) is 16.8. The van der Waals surface area contributed by atoms with E-state index < -0.39 is 6.61 Å². The highest BCUT2D eigenvalue weighted by Crippen LogP contribution is 2.20. The number of amides is 1. The average Bonchev–Trinajstić information content (AvgIpc) is 2.97. The standard InChI is InChI=1S/C17H16F2N4O2/c1-10-7-11(2)23-15(22-10)13(9-21-23)16(24)20-8-12-5-3-4-6-14(12)25-17(18)19/h3-7,9,17H,8H2,1-2H3,(H,20,24). The molecule has 0 aliphatic rings. The van der Waals surface area contributed by atoms with Crippen molar-refractivity contribution in [2.75, 3.05) is 0 Å². The van der Waals surface area contributed by atoms with E-state index in [1.54, 1.807) is 22.7 Å². The largest absolute Gasteiger partial charge is 0.434 e. The quantitative estimate of drug-likeness (QED) is 0.771. The van der Waals surface area contributed by atoms with Gasteiger partial charge in [-0.05, 0) is 26.0 Å². The molecule has 6 nitrogen and oxygen atoms in total. The highest BCUT2D eigenvalue weighted by Gasteiger charge is 2.16. The smallest absolute Gasteiger partial charge is 0.387 e. The maximum absolute atomic E-state index is 12.5. The second-order valence-electron chi connectivity index (χ2n) is 5.50. The van der Waals surface area contributed by atoms with Crippen molar-refractivity contribution in [3.05, 3.63) is 59.0 Å². The third kappa shape index (κ3) is 3.57. The first-order valence-corrected chi connectivity index (χ1v) is 7.58. The lowest BCUT2D eigenvalue weighted by molar-refractivity contribution is -0.0504. The summed E-state index contributed by atoms with van der Waals surface area (Å²) in [7, 11) is 0. The Labute approximate surface area is 142 Å². The lowest BCUT2D eigenvalue weighted by atomic mass is 10.2. The van der Waals surface area contributed by atoms with Crippen LogP contribution in [0.15, 0.2) is 36.5 Å². The fourth-order valence-electron chi connectivity index (χ4n) is 2.56. The minimum atomic E-state index is -2.92. The van der Waals surface area contributed by atoms with E-state index in [1.807, 2.05) is 19.9 Å². The van der Waals surface area contributed by atoms with Gasteiger partial charge in [-0.1, -0.05) is 18.2 Å². The van der Waals surface area contributed by atoms with Gasteiger partial charge in [0.15, 0.2) is 5.65 Å². The van der Waals surface area contributed by atoms with Gasteiger partial charge in [0.1, 0.15) is 11.3 Å². The number of alkyl halides is 2. The van der Waals surface area contributed by atoms with Crippen LogP contribution in [0.4, 0.5) is 8.78 Å². The second kappa shape index (κ2) is 6.84. The molecule has 1 N–H and O–H groups in total. The zero-order valence-corrected chi connectivity index (χ0v) is 13.7. The van der Waals surface area contributed by atoms with E-state index in [-0.39, 0.29) is 18.2 Å². The molecule has 8 heteroatoms. The molecule has 0 unspecified atom stereocenters. The van der Waals surface area contributed by atoms with Gasteiger partial charge in [0.2, 0.25) is 0 Å². The van der Waals surface area contributed by atoms with Crippen LogP contribution >= 0.6 is 0 Å². The highest BCUT2D eigenvalue weighted by molar-refractivity contribution is 5.99. The van der Waals surface area contributed by atoms with Crippen LogP contribution in [-0.4, -0.2) is 27.1 Å². The summed E-state index contributed by atoms with van der Waals surface area (Å²) >= 11 is 0. The summed E-state index contributed by atoms with van der Waals surface area (Å²) in [6.45, 7) is 0.823. The zero-order chi connectivity index (χ0) is 18.0. The van der Waals surface area contributed by atoms with E-state index >= 15 is 0 Å². The predicted octanol–water partition coefficient (Wildman–Crippen LogP) is 2.88. The van der Waals surface area contributed by atoms with Gasteiger partial charge in [-0.15, -0.1) is 0 Å². The lowest BCUT2D eigenvalue weighted by Crippen LogP contribution is -2.23. The maximum atomic E-state index is 12.5. The van der Waals surface area contributed by atoms with Crippen molar-refractivity contribution < 1.29 is 18.3 Å². The zero-order valence-electron chi connectivity index (χ0n) is 13.7. The number of carbonyl (C=O) groups excluding carboxylic acids is 1. The van der Waals surface area contributed by atoms with E-state index in [4.69, 9.17) is 0 Å². The number of fused-ring (bicyclic) bond motifs is 1. The normalized spacial score (nSPS) is 11.1. The van der Waals surface area contributed by atoms with Crippen molar-refractivity contribution in [2.24, 2.45) is 0 Å². The first kappa shape index (κ1) is 16.8. The number of rotatable bonds is 5. The van der Waals surface area contributed by atoms with Gasteiger partial charge in [0.05, 0.1) is 6.20 Å². The van der Waals surface area contributed by atoms with Gasteiger partial charge in [-0.25, -0.2) is 9.50 Å². The molecular formula is C17H16F2N4O2. The molecule has 2 aromatic heterocycles. The molecule has 0 radical (unpaired) electrons. The van der Waals surface area contributed by atoms with Crippen LogP contribution in [0.3, 0.4) is 0 Å². The molecule has 130 valence electrons. The van der Waals surface area contributed by atoms with E-state index in [0.717, 1.165) is 11.4 Å². The Morgan fingerprint density at radius 2 is 2.08 bits per heavy atom. The number of carbonyl (C=O) groups is 1. The van der Waals surface area contributed by atoms with Gasteiger partial charge < -0.3 is 10.1 Å². The van der Waals surface area contributed by atoms with Crippen LogP contribution in [0.5, 0.6) is 5.75 Å². The maximum Gasteiger partial charge on any atom is 0.387 e. The van der Waals surface area contributed by atoms with Crippen LogP contribution in [0.1, 0.15) is 27.3 Å². The molecule has 1 aromatic carbocycles. The van der Waals surface area contributed by atoms with E-state index in [9.17, 15) is 13.6 Å². The number of para-hydroxylation sites is 1. The van der Waals surface area contributed by atoms with Crippen molar-refractivity contribution in [3.63, 3.8) is 0 Å². The van der Waals surface area contributed by atoms with E-state index in [1.165, 1.54) is 12.3 Å². The highest BCUT2D eigenvalue weighted by atomic mass is 19.3. The number of benzene rings is 1. The molecule has 0 atom stereocenters. The van der Waals surface area contributed by atoms with Gasteiger partial charge in [0.25, 0.3) is 5.91 Å². The van der Waals surface area contributed by atoms with Crippen molar-refractivity contribution in [1.29, 1.82) is 0 Å². The minimum Gasteiger partial charge on any atom is -0.434 e. The predicted molar refractivity (Wildman–Crippen MR) is 86.7 cm³/mol. The molecular weight excluding hydrogens is 330 g/mol. The molecule has 1 amide bonds. The molecule has 0 fully saturated rings. The van der Waals surface area contributed by atoms with Crippen LogP contribution in [0.2, 0.25) is 0 Å². The molecule has 0 spiro atoms. The molecule has 0 aliphatic carbocycles. The molecule has 0 saturated carbocycles. The third-order valence-electron chi connectivity index (χ3n) is 3.65. The second-order valence-corrected chi connectivity index (χ2v) is 5.50. The van der Waals surface area contributed by atoms with Crippen LogP contribution < -0.4 is 10.1 Å². The fraction of sp³-hybridized carbons (Fsp3) is 0.235. The van der Waals surface area contributed by atoms with E-state index in [0.29, 0.717) is 16.8 Å². The van der Waals surface area contributed by atoms with Crippen molar-refractivity contribution in [2.45, 2.75) is 27.0 Å². The summed E-state index contributed by atoms with van der Waals surface area (Å²) in [5.74, 6) is -0.359. The summed E-state index contributed by atoms with van der Waals surface area (Å²) in [6, 6.07) is 8.17. The first-order valence-electron chi connectivity index (χ1n) is 7.58. The van der Waals surface area contributed by atoms with Crippen LogP contribution in [0.25, 0.3) is 5.65 Å². The molecule has 25 heavy (non-hydrogen) atoms. The van der Waals surface area contributed by atoms with Gasteiger partial charge in [-0.2, -0.15) is 13.9 Å². The number of nitrogens with one attached hydrogen (secondary N) is 1. The Hall–Kier alpha value is -3.03. The van der Waals surface area contributed by atoms with Crippen LogP contribution in [0, 0.1) is 13.8 Å². The molecule has 0 saturated heterocycles. The minimum absolute atomic E-state index is 0.0301. The molecule has 0 bridgehead atoms. The Kier molecular flexibility index (Phi) is 4.60. The van der Waals surface area contributed by atoms with Gasteiger partial charge in [0, 0.05) is 23.5 Å². The van der Waals surface area contributed by atoms with E-state index in [2.05, 4.69) is 20.1 Å². The molecule has 2 heterocycles. The summed E-state index contributed by atoms with van der Waals surface area (Å²) in [5, 5.41) is 6.85. The Balaban J connectivity index is 1.80. The summed E-state index contributed by atoms with van der Waals surface area (Å²) in [6.07, 6.45) is 1.44. The summed E-state index contributed by atoms with van der Waals surface area (Å²) in [5.41, 5.74) is 2.85. The number of nitrogens with zero attached hydrogens (tertiary/aromatic N) is 3. The van der Waals surface area contributed by atoms with Crippen molar-refractivity contribution in [1.82, 2.24) is 19.9 Å². The topological polar surface area (TPSA) is 68.5 Å². The molecule has 3 rings (SSSR count). The van der Waals surface area contributed by atoms with Crippen LogP contribution in [-0.2, 0) is 6.54 Å². The summed E-state index contributed by atoms with van der Waals surface area (Å²) < 4.78 is 30.9. The monoisotopic (exact) mass is 346 g/mol. The Morgan fingerprint density at radius 1 is 1.32 bits per heavy atom. The number of hydrogen-bond acceptors (Lipinski definition) is 4. The first-order chi connectivity index (χ1) is 12.0. The fourth-order valence-corrected chi connectivity index (χ4v) is 2.56. The number of hydrogen-bond donors (Lipinski definition) is 1. The molecule has 3 aromatic rings. The Bertz CT molecular complexity index is 924. The van der Waals surface area contributed by atoms with Gasteiger partial charge in [-0.3, -0.25) is 4.79 Å².